The van der Waals surface area contributed by atoms with Gasteiger partial charge in [0, 0.05) is 25.2 Å². The summed E-state index contributed by atoms with van der Waals surface area (Å²) in [6.45, 7) is 4.04. The second kappa shape index (κ2) is 12.3. The topological polar surface area (TPSA) is 67.7 Å². The van der Waals surface area contributed by atoms with E-state index in [0.29, 0.717) is 29.7 Å². The fourth-order valence-electron chi connectivity index (χ4n) is 3.72. The third-order valence-corrected chi connectivity index (χ3v) is 7.18. The van der Waals surface area contributed by atoms with Crippen LogP contribution in [0.1, 0.15) is 68.8 Å². The minimum Gasteiger partial charge on any atom is -0.494 e. The lowest BCUT2D eigenvalue weighted by molar-refractivity contribution is 0.0851. The number of nitrogens with zero attached hydrogens (tertiary/aromatic N) is 4. The Hall–Kier alpha value is -2.06. The van der Waals surface area contributed by atoms with Crippen molar-refractivity contribution in [2.75, 3.05) is 24.5 Å². The molecule has 2 heterocycles. The summed E-state index contributed by atoms with van der Waals surface area (Å²) in [6, 6.07) is 7.34. The van der Waals surface area contributed by atoms with Crippen LogP contribution in [0.4, 0.5) is 5.82 Å². The Morgan fingerprint density at radius 2 is 1.69 bits per heavy atom. The molecule has 176 valence electrons. The Morgan fingerprint density at radius 3 is 2.44 bits per heavy atom. The number of imidazole rings is 1. The largest absolute Gasteiger partial charge is 0.494 e. The van der Waals surface area contributed by atoms with Crippen LogP contribution in [0.15, 0.2) is 30.6 Å². The van der Waals surface area contributed by atoms with Crippen molar-refractivity contribution >= 4 is 34.5 Å². The van der Waals surface area contributed by atoms with Crippen LogP contribution in [0.2, 0.25) is 5.02 Å². The minimum absolute atomic E-state index is 0.185. The van der Waals surface area contributed by atoms with Gasteiger partial charge in [-0.3, -0.25) is 9.10 Å². The monoisotopic (exact) mass is 480 g/mol. The van der Waals surface area contributed by atoms with E-state index in [9.17, 15) is 9.00 Å². The number of halogens is 1. The van der Waals surface area contributed by atoms with Crippen molar-refractivity contribution in [1.82, 2.24) is 13.9 Å². The summed E-state index contributed by atoms with van der Waals surface area (Å²) in [5, 5.41) is 0.694. The number of fused-ring (bicyclic) bond motifs is 1. The molecule has 0 saturated carbocycles. The molecule has 32 heavy (non-hydrogen) atoms. The van der Waals surface area contributed by atoms with Gasteiger partial charge in [-0.15, -0.1) is 0 Å². The molecule has 1 atom stereocenters. The summed E-state index contributed by atoms with van der Waals surface area (Å²) in [4.78, 5) is 17.5. The van der Waals surface area contributed by atoms with Crippen molar-refractivity contribution in [3.05, 3.63) is 41.3 Å². The van der Waals surface area contributed by atoms with Gasteiger partial charge in [-0.05, 0) is 43.5 Å². The van der Waals surface area contributed by atoms with Gasteiger partial charge in [-0.2, -0.15) is 0 Å². The Balaban J connectivity index is 1.44. The van der Waals surface area contributed by atoms with Gasteiger partial charge in [0.2, 0.25) is 11.2 Å². The molecule has 0 radical (unpaired) electrons. The third-order valence-electron chi connectivity index (χ3n) is 5.56. The molecule has 1 amide bonds. The quantitative estimate of drug-likeness (QED) is 0.368. The van der Waals surface area contributed by atoms with Gasteiger partial charge in [-0.25, -0.2) is 13.5 Å². The van der Waals surface area contributed by atoms with Gasteiger partial charge < -0.3 is 9.30 Å². The molecule has 0 fully saturated rings. The summed E-state index contributed by atoms with van der Waals surface area (Å²) in [5.74, 6) is 1.14. The maximum absolute atomic E-state index is 13.1. The van der Waals surface area contributed by atoms with Crippen molar-refractivity contribution in [1.29, 1.82) is 0 Å². The number of hydrogen-bond donors (Lipinski definition) is 0. The summed E-state index contributed by atoms with van der Waals surface area (Å²) < 4.78 is 23.5. The summed E-state index contributed by atoms with van der Waals surface area (Å²) in [5.41, 5.74) is 0.556. The van der Waals surface area contributed by atoms with Crippen molar-refractivity contribution in [2.24, 2.45) is 0 Å². The van der Waals surface area contributed by atoms with Crippen LogP contribution in [0.5, 0.6) is 5.75 Å². The van der Waals surface area contributed by atoms with Crippen LogP contribution in [0.3, 0.4) is 0 Å². The highest BCUT2D eigenvalue weighted by molar-refractivity contribution is 7.84. The van der Waals surface area contributed by atoms with E-state index >= 15 is 0 Å². The number of unbranched alkanes of at least 4 members (excludes halogenated alkanes) is 6. The molecule has 1 aromatic carbocycles. The van der Waals surface area contributed by atoms with Gasteiger partial charge in [0.05, 0.1) is 12.9 Å². The summed E-state index contributed by atoms with van der Waals surface area (Å²) >= 11 is 4.34. The second-order valence-corrected chi connectivity index (χ2v) is 9.91. The molecular formula is C23H33ClN4O3S. The number of ether oxygens (including phenoxy) is 1. The molecule has 1 aliphatic heterocycles. The molecule has 2 aromatic rings. The average Bonchev–Trinajstić information content (AvgIpc) is 3.22. The van der Waals surface area contributed by atoms with Gasteiger partial charge in [0.1, 0.15) is 5.75 Å². The Kier molecular flexibility index (Phi) is 9.41. The normalized spacial score (nSPS) is 15.8. The Labute approximate surface area is 198 Å². The van der Waals surface area contributed by atoms with Crippen LogP contribution in [-0.4, -0.2) is 44.2 Å². The van der Waals surface area contributed by atoms with Crippen LogP contribution in [0, 0.1) is 0 Å². The molecule has 1 aromatic heterocycles. The molecule has 0 saturated heterocycles. The number of aromatic nitrogens is 2. The van der Waals surface area contributed by atoms with Crippen molar-refractivity contribution in [3.8, 4) is 5.75 Å². The van der Waals surface area contributed by atoms with Crippen LogP contribution >= 0.6 is 11.6 Å². The standard InChI is InChI=1S/C23H33ClN4O3S/c1-3-4-5-8-15-27-18-25-22-21(27)23(29)28(32(30)26(22)2)16-9-6-7-10-17-31-20-13-11-19(24)12-14-20/h11-14,18H,3-10,15-17H2,1-2H3. The first-order valence-electron chi connectivity index (χ1n) is 11.4. The number of hydrogen-bond acceptors (Lipinski definition) is 4. The number of rotatable bonds is 13. The summed E-state index contributed by atoms with van der Waals surface area (Å²) in [7, 11) is 1.73. The molecule has 0 spiro atoms. The van der Waals surface area contributed by atoms with Crippen LogP contribution < -0.4 is 9.04 Å². The van der Waals surface area contributed by atoms with Gasteiger partial charge in [-0.1, -0.05) is 50.6 Å². The third kappa shape index (κ3) is 6.25. The highest BCUT2D eigenvalue weighted by Gasteiger charge is 2.37. The maximum atomic E-state index is 13.1. The number of amides is 1. The number of carbonyl (C=O) groups is 1. The van der Waals surface area contributed by atoms with Crippen molar-refractivity contribution < 1.29 is 13.7 Å². The molecule has 1 unspecified atom stereocenters. The van der Waals surface area contributed by atoms with Gasteiger partial charge in [0.15, 0.2) is 11.5 Å². The van der Waals surface area contributed by atoms with E-state index in [1.54, 1.807) is 17.7 Å². The highest BCUT2D eigenvalue weighted by Crippen LogP contribution is 2.28. The van der Waals surface area contributed by atoms with E-state index in [1.165, 1.54) is 17.1 Å². The molecule has 0 aliphatic carbocycles. The van der Waals surface area contributed by atoms with E-state index in [-0.39, 0.29) is 5.91 Å². The molecule has 0 bridgehead atoms. The van der Waals surface area contributed by atoms with Gasteiger partial charge in [0.25, 0.3) is 5.91 Å². The first-order chi connectivity index (χ1) is 15.5. The molecule has 7 nitrogen and oxygen atoms in total. The Morgan fingerprint density at radius 1 is 1.00 bits per heavy atom. The van der Waals surface area contributed by atoms with Crippen LogP contribution in [0.25, 0.3) is 0 Å². The lowest BCUT2D eigenvalue weighted by atomic mass is 10.2. The molecule has 3 rings (SSSR count). The molecule has 0 N–H and O–H groups in total. The van der Waals surface area contributed by atoms with Crippen LogP contribution in [-0.2, 0) is 17.7 Å². The van der Waals surface area contributed by atoms with E-state index in [0.717, 1.165) is 50.8 Å². The molecule has 1 aliphatic rings. The fraction of sp³-hybridized carbons (Fsp3) is 0.565. The average molecular weight is 481 g/mol. The number of anilines is 1. The SMILES string of the molecule is CCCCCCn1cnc2c1C(=O)N(CCCCCCOc1ccc(Cl)cc1)S(=O)N2C. The molecule has 9 heteroatoms. The summed E-state index contributed by atoms with van der Waals surface area (Å²) in [6.07, 6.45) is 9.85. The highest BCUT2D eigenvalue weighted by atomic mass is 35.5. The first-order valence-corrected chi connectivity index (χ1v) is 12.9. The van der Waals surface area contributed by atoms with Gasteiger partial charge >= 0.3 is 0 Å². The predicted molar refractivity (Wildman–Crippen MR) is 129 cm³/mol. The maximum Gasteiger partial charge on any atom is 0.287 e. The van der Waals surface area contributed by atoms with Crippen molar-refractivity contribution in [3.63, 3.8) is 0 Å². The second-order valence-electron chi connectivity index (χ2n) is 8.02. The van der Waals surface area contributed by atoms with E-state index in [4.69, 9.17) is 16.3 Å². The lowest BCUT2D eigenvalue weighted by Gasteiger charge is -2.31. The van der Waals surface area contributed by atoms with E-state index in [2.05, 4.69) is 11.9 Å². The van der Waals surface area contributed by atoms with E-state index < -0.39 is 11.2 Å². The minimum atomic E-state index is -1.54. The van der Waals surface area contributed by atoms with Crippen molar-refractivity contribution in [2.45, 2.75) is 64.8 Å². The lowest BCUT2D eigenvalue weighted by Crippen LogP contribution is -2.46. The zero-order valence-electron chi connectivity index (χ0n) is 19.0. The fourth-order valence-corrected chi connectivity index (χ4v) is 4.94. The number of aryl methyl sites for hydroxylation is 1. The zero-order chi connectivity index (χ0) is 22.9. The van der Waals surface area contributed by atoms with E-state index in [1.807, 2.05) is 28.8 Å². The Bertz CT molecular complexity index is 903. The zero-order valence-corrected chi connectivity index (χ0v) is 20.5. The predicted octanol–water partition coefficient (Wildman–Crippen LogP) is 5.23. The molecular weight excluding hydrogens is 448 g/mol. The first kappa shape index (κ1) is 24.6. The number of benzene rings is 1. The number of carbonyl (C=O) groups excluding carboxylic acids is 1. The smallest absolute Gasteiger partial charge is 0.287 e.